The smallest absolute Gasteiger partial charge is 0.0133 e. The van der Waals surface area contributed by atoms with Crippen LogP contribution in [0.1, 0.15) is 59.8 Å². The van der Waals surface area contributed by atoms with Crippen LogP contribution in [0.5, 0.6) is 0 Å². The molecule has 1 atom stereocenters. The molecule has 0 aliphatic rings. The maximum Gasteiger partial charge on any atom is -0.0133 e. The van der Waals surface area contributed by atoms with E-state index in [1.54, 1.807) is 5.57 Å². The first-order valence-electron chi connectivity index (χ1n) is 6.63. The van der Waals surface area contributed by atoms with E-state index < -0.39 is 0 Å². The van der Waals surface area contributed by atoms with Crippen LogP contribution in [0.2, 0.25) is 0 Å². The maximum atomic E-state index is 3.80. The van der Waals surface area contributed by atoms with Gasteiger partial charge in [0.05, 0.1) is 0 Å². The van der Waals surface area contributed by atoms with Crippen LogP contribution in [0.4, 0.5) is 0 Å². The molecule has 1 unspecified atom stereocenters. The van der Waals surface area contributed by atoms with Gasteiger partial charge >= 0.3 is 0 Å². The van der Waals surface area contributed by atoms with Crippen molar-refractivity contribution in [3.8, 4) is 0 Å². The minimum absolute atomic E-state index is 0.747. The van der Waals surface area contributed by atoms with Crippen molar-refractivity contribution >= 4 is 0 Å². The lowest BCUT2D eigenvalue weighted by Crippen LogP contribution is -1.98. The van der Waals surface area contributed by atoms with E-state index in [-0.39, 0.29) is 0 Å². The van der Waals surface area contributed by atoms with Crippen LogP contribution in [-0.4, -0.2) is 0 Å². The third-order valence-corrected chi connectivity index (χ3v) is 3.20. The Labute approximate surface area is 102 Å². The topological polar surface area (TPSA) is 0 Å². The molecule has 0 saturated carbocycles. The van der Waals surface area contributed by atoms with Gasteiger partial charge in [-0.05, 0) is 38.5 Å². The van der Waals surface area contributed by atoms with Gasteiger partial charge in [-0.2, -0.15) is 0 Å². The first-order valence-corrected chi connectivity index (χ1v) is 6.63. The largest absolute Gasteiger partial charge is 0.103 e. The molecule has 0 aromatic rings. The number of allylic oxidation sites excluding steroid dienone is 5. The summed E-state index contributed by atoms with van der Waals surface area (Å²) in [6.07, 6.45) is 12.5. The molecule has 0 N–H and O–H groups in total. The van der Waals surface area contributed by atoms with Crippen LogP contribution < -0.4 is 0 Å². The zero-order valence-electron chi connectivity index (χ0n) is 11.6. The summed E-state index contributed by atoms with van der Waals surface area (Å²) in [5, 5.41) is 0. The van der Waals surface area contributed by atoms with E-state index in [2.05, 4.69) is 46.4 Å². The lowest BCUT2D eigenvalue weighted by Gasteiger charge is -2.14. The highest BCUT2D eigenvalue weighted by Gasteiger charge is 2.05. The summed E-state index contributed by atoms with van der Waals surface area (Å²) < 4.78 is 0. The summed E-state index contributed by atoms with van der Waals surface area (Å²) in [6.45, 7) is 12.8. The summed E-state index contributed by atoms with van der Waals surface area (Å²) in [6, 6.07) is 0. The van der Waals surface area contributed by atoms with Gasteiger partial charge in [0.2, 0.25) is 0 Å². The summed E-state index contributed by atoms with van der Waals surface area (Å²) in [5.41, 5.74) is 3.09. The Kier molecular flexibility index (Phi) is 8.99. The van der Waals surface area contributed by atoms with Crippen molar-refractivity contribution in [1.82, 2.24) is 0 Å². The van der Waals surface area contributed by atoms with Gasteiger partial charge in [-0.1, -0.05) is 56.6 Å². The zero-order valence-corrected chi connectivity index (χ0v) is 11.6. The van der Waals surface area contributed by atoms with Crippen molar-refractivity contribution in [3.63, 3.8) is 0 Å². The highest BCUT2D eigenvalue weighted by molar-refractivity contribution is 5.14. The normalized spacial score (nSPS) is 15.0. The second-order valence-electron chi connectivity index (χ2n) is 4.47. The Bertz CT molecular complexity index is 243. The van der Waals surface area contributed by atoms with E-state index in [1.165, 1.54) is 24.8 Å². The Hall–Kier alpha value is -0.780. The maximum absolute atomic E-state index is 3.80. The standard InChI is InChI=1S/C16H28/c1-6-10-14(5)16(9-4)13-12-15(8-3)11-7-2/h7-8,13-14H,2,6,9-12H2,1,3-5H3. The monoisotopic (exact) mass is 220 g/mol. The predicted molar refractivity (Wildman–Crippen MR) is 75.6 cm³/mol. The molecular formula is C16H28. The third kappa shape index (κ3) is 5.95. The molecule has 92 valence electrons. The molecule has 0 heterocycles. The SMILES string of the molecule is C=CCC(=CC)CC=C(CC)C(C)CCC. The van der Waals surface area contributed by atoms with Gasteiger partial charge in [0, 0.05) is 0 Å². The van der Waals surface area contributed by atoms with Crippen LogP contribution >= 0.6 is 0 Å². The molecule has 0 saturated heterocycles. The lowest BCUT2D eigenvalue weighted by molar-refractivity contribution is 0.583. The molecule has 0 aliphatic carbocycles. The van der Waals surface area contributed by atoms with Crippen LogP contribution in [0, 0.1) is 5.92 Å². The summed E-state index contributed by atoms with van der Waals surface area (Å²) in [5.74, 6) is 0.747. The van der Waals surface area contributed by atoms with Crippen LogP contribution in [0.3, 0.4) is 0 Å². The van der Waals surface area contributed by atoms with Crippen molar-refractivity contribution in [2.75, 3.05) is 0 Å². The van der Waals surface area contributed by atoms with E-state index in [1.807, 2.05) is 6.08 Å². The van der Waals surface area contributed by atoms with Crippen molar-refractivity contribution in [1.29, 1.82) is 0 Å². The fourth-order valence-corrected chi connectivity index (χ4v) is 2.08. The van der Waals surface area contributed by atoms with E-state index in [0.717, 1.165) is 18.8 Å². The highest BCUT2D eigenvalue weighted by atomic mass is 14.1. The molecule has 0 heteroatoms. The van der Waals surface area contributed by atoms with Crippen molar-refractivity contribution in [3.05, 3.63) is 36.0 Å². The van der Waals surface area contributed by atoms with E-state index >= 15 is 0 Å². The molecule has 0 radical (unpaired) electrons. The summed E-state index contributed by atoms with van der Waals surface area (Å²) in [4.78, 5) is 0. The third-order valence-electron chi connectivity index (χ3n) is 3.20. The van der Waals surface area contributed by atoms with E-state index in [9.17, 15) is 0 Å². The Morgan fingerprint density at radius 2 is 1.94 bits per heavy atom. The Morgan fingerprint density at radius 3 is 2.38 bits per heavy atom. The van der Waals surface area contributed by atoms with Gasteiger partial charge in [0.15, 0.2) is 0 Å². The summed E-state index contributed by atoms with van der Waals surface area (Å²) >= 11 is 0. The number of hydrogen-bond donors (Lipinski definition) is 0. The molecular weight excluding hydrogens is 192 g/mol. The van der Waals surface area contributed by atoms with Crippen molar-refractivity contribution in [2.24, 2.45) is 5.92 Å². The quantitative estimate of drug-likeness (QED) is 0.462. The second kappa shape index (κ2) is 9.45. The molecule has 0 spiro atoms. The fraction of sp³-hybridized carbons (Fsp3) is 0.625. The molecule has 0 nitrogen and oxygen atoms in total. The zero-order chi connectivity index (χ0) is 12.4. The van der Waals surface area contributed by atoms with E-state index in [4.69, 9.17) is 0 Å². The minimum atomic E-state index is 0.747. The molecule has 0 aromatic heterocycles. The van der Waals surface area contributed by atoms with Gasteiger partial charge in [0.1, 0.15) is 0 Å². The van der Waals surface area contributed by atoms with Gasteiger partial charge in [-0.3, -0.25) is 0 Å². The lowest BCUT2D eigenvalue weighted by atomic mass is 9.92. The molecule has 0 aromatic carbocycles. The molecule has 16 heavy (non-hydrogen) atoms. The summed E-state index contributed by atoms with van der Waals surface area (Å²) in [7, 11) is 0. The first kappa shape index (κ1) is 15.2. The molecule has 0 amide bonds. The highest BCUT2D eigenvalue weighted by Crippen LogP contribution is 2.21. The minimum Gasteiger partial charge on any atom is -0.103 e. The van der Waals surface area contributed by atoms with Gasteiger partial charge < -0.3 is 0 Å². The molecule has 0 bridgehead atoms. The molecule has 0 aliphatic heterocycles. The van der Waals surface area contributed by atoms with Crippen LogP contribution in [0.15, 0.2) is 36.0 Å². The van der Waals surface area contributed by atoms with Crippen LogP contribution in [-0.2, 0) is 0 Å². The van der Waals surface area contributed by atoms with Gasteiger partial charge in [-0.15, -0.1) is 6.58 Å². The predicted octanol–water partition coefficient (Wildman–Crippen LogP) is 5.67. The Balaban J connectivity index is 4.40. The average molecular weight is 220 g/mol. The molecule has 0 rings (SSSR count). The molecule has 0 fully saturated rings. The average Bonchev–Trinajstić information content (AvgIpc) is 2.28. The second-order valence-corrected chi connectivity index (χ2v) is 4.47. The Morgan fingerprint density at radius 1 is 1.25 bits per heavy atom. The van der Waals surface area contributed by atoms with Crippen molar-refractivity contribution < 1.29 is 0 Å². The number of rotatable bonds is 8. The van der Waals surface area contributed by atoms with Crippen molar-refractivity contribution in [2.45, 2.75) is 59.8 Å². The van der Waals surface area contributed by atoms with Gasteiger partial charge in [0.25, 0.3) is 0 Å². The number of hydrogen-bond acceptors (Lipinski definition) is 0. The fourth-order valence-electron chi connectivity index (χ4n) is 2.08. The van der Waals surface area contributed by atoms with Gasteiger partial charge in [-0.25, -0.2) is 0 Å². The van der Waals surface area contributed by atoms with Crippen LogP contribution in [0.25, 0.3) is 0 Å². The first-order chi connectivity index (χ1) is 7.69. The van der Waals surface area contributed by atoms with E-state index in [0.29, 0.717) is 0 Å².